The Kier molecular flexibility index (Phi) is 4.41. The third-order valence-electron chi connectivity index (χ3n) is 2.11. The number of ether oxygens (including phenoxy) is 1. The first-order valence-corrected chi connectivity index (χ1v) is 4.98. The van der Waals surface area contributed by atoms with Crippen molar-refractivity contribution in [3.8, 4) is 0 Å². The molecular weight excluding hydrogens is 251 g/mol. The molecule has 1 aromatic rings. The molecule has 0 amide bonds. The maximum absolute atomic E-state index is 11.9. The van der Waals surface area contributed by atoms with Crippen molar-refractivity contribution < 1.29 is 27.5 Å². The number of esters is 1. The van der Waals surface area contributed by atoms with Crippen molar-refractivity contribution in [2.75, 3.05) is 7.11 Å². The van der Waals surface area contributed by atoms with Crippen LogP contribution in [0.4, 0.5) is 13.2 Å². The van der Waals surface area contributed by atoms with Crippen molar-refractivity contribution in [2.24, 2.45) is 0 Å². The number of halogens is 3. The van der Waals surface area contributed by atoms with Gasteiger partial charge in [-0.25, -0.2) is 4.79 Å². The van der Waals surface area contributed by atoms with Gasteiger partial charge in [0.15, 0.2) is 5.78 Å². The number of hydrogen-bond donors (Lipinski definition) is 0. The van der Waals surface area contributed by atoms with Gasteiger partial charge in [-0.3, -0.25) is 9.78 Å². The molecule has 18 heavy (non-hydrogen) atoms. The Hall–Kier alpha value is -1.92. The molecule has 0 aliphatic carbocycles. The zero-order chi connectivity index (χ0) is 13.8. The average Bonchev–Trinajstić information content (AvgIpc) is 2.34. The normalized spacial score (nSPS) is 11.1. The molecule has 0 saturated heterocycles. The van der Waals surface area contributed by atoms with Crippen LogP contribution in [0.3, 0.4) is 0 Å². The number of Topliss-reactive ketones (excluding diaryl/α,β-unsaturated/α-hetero) is 1. The molecule has 0 unspecified atom stereocenters. The summed E-state index contributed by atoms with van der Waals surface area (Å²) in [5.41, 5.74) is 0.0248. The second kappa shape index (κ2) is 5.61. The van der Waals surface area contributed by atoms with Crippen molar-refractivity contribution in [2.45, 2.75) is 19.0 Å². The van der Waals surface area contributed by atoms with Crippen LogP contribution in [0.1, 0.15) is 33.7 Å². The quantitative estimate of drug-likeness (QED) is 0.616. The molecule has 1 rings (SSSR count). The van der Waals surface area contributed by atoms with Crippen molar-refractivity contribution in [1.82, 2.24) is 4.98 Å². The Bertz CT molecular complexity index is 440. The summed E-state index contributed by atoms with van der Waals surface area (Å²) in [4.78, 5) is 26.0. The molecule has 0 aliphatic heterocycles. The first kappa shape index (κ1) is 14.1. The fourth-order valence-corrected chi connectivity index (χ4v) is 1.18. The van der Waals surface area contributed by atoms with Gasteiger partial charge < -0.3 is 4.74 Å². The van der Waals surface area contributed by atoms with Crippen molar-refractivity contribution in [3.05, 3.63) is 29.6 Å². The van der Waals surface area contributed by atoms with E-state index in [-0.39, 0.29) is 11.3 Å². The zero-order valence-corrected chi connectivity index (χ0v) is 9.45. The molecule has 0 aromatic carbocycles. The van der Waals surface area contributed by atoms with E-state index in [1.807, 2.05) is 0 Å². The molecule has 98 valence electrons. The van der Waals surface area contributed by atoms with Gasteiger partial charge in [-0.15, -0.1) is 0 Å². The summed E-state index contributed by atoms with van der Waals surface area (Å²) < 4.78 is 40.2. The van der Waals surface area contributed by atoms with Gasteiger partial charge in [-0.1, -0.05) is 0 Å². The fourth-order valence-electron chi connectivity index (χ4n) is 1.18. The number of methoxy groups -OCH3 is 1. The predicted octanol–water partition coefficient (Wildman–Crippen LogP) is 2.39. The number of pyridine rings is 1. The van der Waals surface area contributed by atoms with Crippen LogP contribution >= 0.6 is 0 Å². The number of carbonyl (C=O) groups excluding carboxylic acids is 2. The van der Waals surface area contributed by atoms with Crippen LogP contribution in [0.2, 0.25) is 0 Å². The van der Waals surface area contributed by atoms with Gasteiger partial charge in [0.2, 0.25) is 0 Å². The monoisotopic (exact) mass is 261 g/mol. The highest BCUT2D eigenvalue weighted by Crippen LogP contribution is 2.22. The third kappa shape index (κ3) is 4.15. The zero-order valence-electron chi connectivity index (χ0n) is 9.45. The lowest BCUT2D eigenvalue weighted by Gasteiger charge is -2.05. The Balaban J connectivity index is 2.68. The summed E-state index contributed by atoms with van der Waals surface area (Å²) >= 11 is 0. The highest BCUT2D eigenvalue weighted by molar-refractivity contribution is 5.95. The third-order valence-corrected chi connectivity index (χ3v) is 2.11. The SMILES string of the molecule is COC(=O)c1ccc(C(=O)CCC(F)(F)F)nc1. The molecular formula is C11H10F3NO3. The van der Waals surface area contributed by atoms with E-state index in [0.29, 0.717) is 0 Å². The molecule has 1 heterocycles. The number of alkyl halides is 3. The smallest absolute Gasteiger partial charge is 0.389 e. The number of carbonyl (C=O) groups is 2. The molecule has 0 atom stereocenters. The highest BCUT2D eigenvalue weighted by Gasteiger charge is 2.28. The van der Waals surface area contributed by atoms with Crippen LogP contribution in [0.5, 0.6) is 0 Å². The molecule has 0 bridgehead atoms. The minimum Gasteiger partial charge on any atom is -0.465 e. The maximum Gasteiger partial charge on any atom is 0.389 e. The first-order chi connectivity index (χ1) is 8.33. The summed E-state index contributed by atoms with van der Waals surface area (Å²) in [6, 6.07) is 2.48. The predicted molar refractivity (Wildman–Crippen MR) is 55.2 cm³/mol. The van der Waals surface area contributed by atoms with Gasteiger partial charge in [0.25, 0.3) is 0 Å². The van der Waals surface area contributed by atoms with Crippen molar-refractivity contribution in [3.63, 3.8) is 0 Å². The lowest BCUT2D eigenvalue weighted by molar-refractivity contribution is -0.133. The van der Waals surface area contributed by atoms with Crippen LogP contribution in [0.25, 0.3) is 0 Å². The largest absolute Gasteiger partial charge is 0.465 e. The van der Waals surface area contributed by atoms with E-state index in [4.69, 9.17) is 0 Å². The summed E-state index contributed by atoms with van der Waals surface area (Å²) in [6.07, 6.45) is -5.13. The Morgan fingerprint density at radius 2 is 2.00 bits per heavy atom. The number of hydrogen-bond acceptors (Lipinski definition) is 4. The van der Waals surface area contributed by atoms with Gasteiger partial charge >= 0.3 is 12.1 Å². The van der Waals surface area contributed by atoms with E-state index >= 15 is 0 Å². The first-order valence-electron chi connectivity index (χ1n) is 4.98. The van der Waals surface area contributed by atoms with E-state index in [1.54, 1.807) is 0 Å². The standard InChI is InChI=1S/C11H10F3NO3/c1-18-10(17)7-2-3-8(15-6-7)9(16)4-5-11(12,13)14/h2-3,6H,4-5H2,1H3. The van der Waals surface area contributed by atoms with Gasteiger partial charge in [-0.2, -0.15) is 13.2 Å². The molecule has 0 saturated carbocycles. The van der Waals surface area contributed by atoms with Crippen molar-refractivity contribution >= 4 is 11.8 Å². The van der Waals surface area contributed by atoms with Crippen LogP contribution in [0, 0.1) is 0 Å². The number of ketones is 1. The second-order valence-electron chi connectivity index (χ2n) is 3.46. The molecule has 0 aliphatic rings. The number of aromatic nitrogens is 1. The topological polar surface area (TPSA) is 56.3 Å². The Morgan fingerprint density at radius 3 is 2.44 bits per heavy atom. The Labute approximate surface area is 101 Å². The summed E-state index contributed by atoms with van der Waals surface area (Å²) in [5, 5.41) is 0. The summed E-state index contributed by atoms with van der Waals surface area (Å²) in [6.45, 7) is 0. The van der Waals surface area contributed by atoms with Crippen LogP contribution < -0.4 is 0 Å². The molecule has 7 heteroatoms. The maximum atomic E-state index is 11.9. The number of rotatable bonds is 4. The highest BCUT2D eigenvalue weighted by atomic mass is 19.4. The fraction of sp³-hybridized carbons (Fsp3) is 0.364. The van der Waals surface area contributed by atoms with Crippen LogP contribution in [-0.4, -0.2) is 30.0 Å². The molecule has 0 fully saturated rings. The molecule has 4 nitrogen and oxygen atoms in total. The molecule has 0 radical (unpaired) electrons. The lowest BCUT2D eigenvalue weighted by Crippen LogP contribution is -2.12. The molecule has 0 N–H and O–H groups in total. The van der Waals surface area contributed by atoms with E-state index in [1.165, 1.54) is 19.2 Å². The molecule has 0 spiro atoms. The Morgan fingerprint density at radius 1 is 1.33 bits per heavy atom. The minimum absolute atomic E-state index is 0.105. The number of nitrogens with zero attached hydrogens (tertiary/aromatic N) is 1. The minimum atomic E-state index is -4.37. The van der Waals surface area contributed by atoms with E-state index in [9.17, 15) is 22.8 Å². The van der Waals surface area contributed by atoms with E-state index < -0.39 is 30.8 Å². The van der Waals surface area contributed by atoms with Crippen molar-refractivity contribution in [1.29, 1.82) is 0 Å². The van der Waals surface area contributed by atoms with Crippen LogP contribution in [0.15, 0.2) is 18.3 Å². The van der Waals surface area contributed by atoms with Gasteiger partial charge in [0.05, 0.1) is 19.1 Å². The summed E-state index contributed by atoms with van der Waals surface area (Å²) in [7, 11) is 1.19. The lowest BCUT2D eigenvalue weighted by atomic mass is 10.1. The summed E-state index contributed by atoms with van der Waals surface area (Å²) in [5.74, 6) is -1.35. The van der Waals surface area contributed by atoms with Crippen LogP contribution in [-0.2, 0) is 4.74 Å². The van der Waals surface area contributed by atoms with Gasteiger partial charge in [-0.05, 0) is 12.1 Å². The van der Waals surface area contributed by atoms with Gasteiger partial charge in [0.1, 0.15) is 5.69 Å². The average molecular weight is 261 g/mol. The van der Waals surface area contributed by atoms with E-state index in [0.717, 1.165) is 6.20 Å². The van der Waals surface area contributed by atoms with Gasteiger partial charge in [0, 0.05) is 12.6 Å². The second-order valence-corrected chi connectivity index (χ2v) is 3.46. The molecule has 1 aromatic heterocycles. The van der Waals surface area contributed by atoms with E-state index in [2.05, 4.69) is 9.72 Å².